The molecule has 0 radical (unpaired) electrons. The molecule has 3 rings (SSSR count). The number of benzene rings is 1. The molecule has 0 unspecified atom stereocenters. The fourth-order valence-electron chi connectivity index (χ4n) is 2.76. The second-order valence-corrected chi connectivity index (χ2v) is 6.99. The van der Waals surface area contributed by atoms with Crippen LogP contribution in [0.5, 0.6) is 0 Å². The van der Waals surface area contributed by atoms with Crippen molar-refractivity contribution < 1.29 is 17.9 Å². The van der Waals surface area contributed by atoms with Crippen molar-refractivity contribution in [2.24, 2.45) is 5.73 Å². The van der Waals surface area contributed by atoms with Gasteiger partial charge >= 0.3 is 0 Å². The Kier molecular flexibility index (Phi) is 3.27. The monoisotopic (exact) mass is 296 g/mol. The highest BCUT2D eigenvalue weighted by atomic mass is 32.2. The maximum absolute atomic E-state index is 12.6. The molecule has 1 fully saturated rings. The SMILES string of the molecule is NC(=O)[C@@H]1CCCN1S(=O)(=O)c1ccc2c(c1)COC2. The number of nitrogens with zero attached hydrogens (tertiary/aromatic N) is 1. The smallest absolute Gasteiger partial charge is 0.243 e. The molecule has 108 valence electrons. The summed E-state index contributed by atoms with van der Waals surface area (Å²) in [7, 11) is -3.68. The first-order chi connectivity index (χ1) is 9.50. The third-order valence-electron chi connectivity index (χ3n) is 3.83. The Morgan fingerprint density at radius 3 is 2.80 bits per heavy atom. The van der Waals surface area contributed by atoms with Crippen molar-refractivity contribution in [2.75, 3.05) is 6.54 Å². The fraction of sp³-hybridized carbons (Fsp3) is 0.462. The molecule has 2 aliphatic heterocycles. The van der Waals surface area contributed by atoms with Crippen molar-refractivity contribution >= 4 is 15.9 Å². The summed E-state index contributed by atoms with van der Waals surface area (Å²) in [6, 6.07) is 4.24. The number of carbonyl (C=O) groups is 1. The molecule has 0 aromatic heterocycles. The quantitative estimate of drug-likeness (QED) is 0.872. The summed E-state index contributed by atoms with van der Waals surface area (Å²) in [6.45, 7) is 1.28. The number of fused-ring (bicyclic) bond motifs is 1. The van der Waals surface area contributed by atoms with E-state index < -0.39 is 22.0 Å². The van der Waals surface area contributed by atoms with Gasteiger partial charge in [-0.25, -0.2) is 8.42 Å². The zero-order valence-electron chi connectivity index (χ0n) is 10.9. The predicted molar refractivity (Wildman–Crippen MR) is 71.0 cm³/mol. The summed E-state index contributed by atoms with van der Waals surface area (Å²) in [5.41, 5.74) is 7.19. The normalized spacial score (nSPS) is 22.9. The van der Waals surface area contributed by atoms with E-state index in [0.717, 1.165) is 11.1 Å². The van der Waals surface area contributed by atoms with Crippen LogP contribution in [0.25, 0.3) is 0 Å². The minimum Gasteiger partial charge on any atom is -0.372 e. The lowest BCUT2D eigenvalue weighted by atomic mass is 10.1. The highest BCUT2D eigenvalue weighted by molar-refractivity contribution is 7.89. The molecular formula is C13H16N2O4S. The van der Waals surface area contributed by atoms with Crippen molar-refractivity contribution in [2.45, 2.75) is 37.0 Å². The molecule has 1 atom stereocenters. The topological polar surface area (TPSA) is 89.7 Å². The molecule has 1 aromatic carbocycles. The lowest BCUT2D eigenvalue weighted by molar-refractivity contribution is -0.121. The maximum Gasteiger partial charge on any atom is 0.243 e. The molecule has 2 aliphatic rings. The molecule has 2 N–H and O–H groups in total. The Bertz CT molecular complexity index is 656. The summed E-state index contributed by atoms with van der Waals surface area (Å²) < 4.78 is 31.8. The van der Waals surface area contributed by atoms with E-state index in [1.54, 1.807) is 18.2 Å². The van der Waals surface area contributed by atoms with Gasteiger partial charge in [0.1, 0.15) is 6.04 Å². The van der Waals surface area contributed by atoms with Gasteiger partial charge in [-0.2, -0.15) is 4.31 Å². The standard InChI is InChI=1S/C13H16N2O4S/c14-13(16)12-2-1-5-15(12)20(17,18)11-4-3-9-7-19-8-10(9)6-11/h3-4,6,12H,1-2,5,7-8H2,(H2,14,16)/t12-/m0/s1. The highest BCUT2D eigenvalue weighted by Crippen LogP contribution is 2.29. The Balaban J connectivity index is 1.97. The minimum absolute atomic E-state index is 0.204. The van der Waals surface area contributed by atoms with Crippen LogP contribution in [0.15, 0.2) is 23.1 Å². The predicted octanol–water partition coefficient (Wildman–Crippen LogP) is 0.355. The van der Waals surface area contributed by atoms with E-state index in [0.29, 0.717) is 32.6 Å². The average Bonchev–Trinajstić information content (AvgIpc) is 3.06. The first kappa shape index (κ1) is 13.5. The lowest BCUT2D eigenvalue weighted by Crippen LogP contribution is -2.43. The van der Waals surface area contributed by atoms with Gasteiger partial charge in [-0.3, -0.25) is 4.79 Å². The van der Waals surface area contributed by atoms with Gasteiger partial charge in [-0.05, 0) is 36.1 Å². The van der Waals surface area contributed by atoms with Crippen LogP contribution in [0.4, 0.5) is 0 Å². The number of hydrogen-bond donors (Lipinski definition) is 1. The van der Waals surface area contributed by atoms with Gasteiger partial charge in [0.05, 0.1) is 18.1 Å². The van der Waals surface area contributed by atoms with Crippen molar-refractivity contribution in [3.63, 3.8) is 0 Å². The number of rotatable bonds is 3. The van der Waals surface area contributed by atoms with Crippen LogP contribution in [-0.4, -0.2) is 31.2 Å². The van der Waals surface area contributed by atoms with Crippen LogP contribution >= 0.6 is 0 Å². The molecule has 0 saturated carbocycles. The largest absolute Gasteiger partial charge is 0.372 e. The van der Waals surface area contributed by atoms with Crippen LogP contribution in [0, 0.1) is 0 Å². The second-order valence-electron chi connectivity index (χ2n) is 5.10. The summed E-state index contributed by atoms with van der Waals surface area (Å²) in [6.07, 6.45) is 1.14. The minimum atomic E-state index is -3.68. The zero-order chi connectivity index (χ0) is 14.3. The van der Waals surface area contributed by atoms with Gasteiger partial charge in [0.2, 0.25) is 15.9 Å². The molecule has 1 aromatic rings. The number of ether oxygens (including phenoxy) is 1. The van der Waals surface area contributed by atoms with E-state index >= 15 is 0 Å². The number of amides is 1. The molecule has 0 aliphatic carbocycles. The summed E-state index contributed by atoms with van der Waals surface area (Å²) in [5.74, 6) is -0.587. The van der Waals surface area contributed by atoms with Crippen LogP contribution in [0.2, 0.25) is 0 Å². The molecule has 2 heterocycles. The molecule has 1 amide bonds. The van der Waals surface area contributed by atoms with Gasteiger partial charge in [-0.15, -0.1) is 0 Å². The summed E-state index contributed by atoms with van der Waals surface area (Å²) in [5, 5.41) is 0. The molecule has 0 bridgehead atoms. The zero-order valence-corrected chi connectivity index (χ0v) is 11.7. The van der Waals surface area contributed by atoms with Crippen molar-refractivity contribution in [1.29, 1.82) is 0 Å². The van der Waals surface area contributed by atoms with E-state index in [2.05, 4.69) is 0 Å². The lowest BCUT2D eigenvalue weighted by Gasteiger charge is -2.21. The average molecular weight is 296 g/mol. The van der Waals surface area contributed by atoms with Gasteiger partial charge in [0, 0.05) is 6.54 Å². The van der Waals surface area contributed by atoms with Crippen LogP contribution in [0.3, 0.4) is 0 Å². The van der Waals surface area contributed by atoms with Crippen molar-refractivity contribution in [3.05, 3.63) is 29.3 Å². The Morgan fingerprint density at radius 2 is 2.05 bits per heavy atom. The van der Waals surface area contributed by atoms with E-state index in [1.165, 1.54) is 4.31 Å². The number of carbonyl (C=O) groups excluding carboxylic acids is 1. The van der Waals surface area contributed by atoms with Crippen molar-refractivity contribution in [1.82, 2.24) is 4.31 Å². The summed E-state index contributed by atoms with van der Waals surface area (Å²) in [4.78, 5) is 11.6. The third kappa shape index (κ3) is 2.11. The van der Waals surface area contributed by atoms with Crippen molar-refractivity contribution in [3.8, 4) is 0 Å². The molecule has 7 heteroatoms. The Labute approximate surface area is 117 Å². The van der Waals surface area contributed by atoms with Gasteiger partial charge in [-0.1, -0.05) is 6.07 Å². The number of sulfonamides is 1. The number of hydrogen-bond acceptors (Lipinski definition) is 4. The highest BCUT2D eigenvalue weighted by Gasteiger charge is 2.38. The van der Waals surface area contributed by atoms with Crippen LogP contribution in [0.1, 0.15) is 24.0 Å². The van der Waals surface area contributed by atoms with Gasteiger partial charge in [0.25, 0.3) is 0 Å². The van der Waals surface area contributed by atoms with Crippen LogP contribution in [-0.2, 0) is 32.8 Å². The molecular weight excluding hydrogens is 280 g/mol. The Hall–Kier alpha value is -1.44. The molecule has 20 heavy (non-hydrogen) atoms. The molecule has 1 saturated heterocycles. The van der Waals surface area contributed by atoms with Gasteiger partial charge in [0.15, 0.2) is 0 Å². The number of primary amides is 1. The first-order valence-electron chi connectivity index (χ1n) is 6.51. The fourth-order valence-corrected chi connectivity index (χ4v) is 4.47. The van der Waals surface area contributed by atoms with E-state index in [4.69, 9.17) is 10.5 Å². The third-order valence-corrected chi connectivity index (χ3v) is 5.74. The number of nitrogens with two attached hydrogens (primary N) is 1. The first-order valence-corrected chi connectivity index (χ1v) is 7.95. The van der Waals surface area contributed by atoms with Crippen LogP contribution < -0.4 is 5.73 Å². The second kappa shape index (κ2) is 4.83. The van der Waals surface area contributed by atoms with E-state index in [-0.39, 0.29) is 4.90 Å². The maximum atomic E-state index is 12.6. The molecule has 0 spiro atoms. The van der Waals surface area contributed by atoms with E-state index in [9.17, 15) is 13.2 Å². The van der Waals surface area contributed by atoms with Gasteiger partial charge < -0.3 is 10.5 Å². The molecule has 6 nitrogen and oxygen atoms in total. The van der Waals surface area contributed by atoms with E-state index in [1.807, 2.05) is 0 Å². The summed E-state index contributed by atoms with van der Waals surface area (Å²) >= 11 is 0. The Morgan fingerprint density at radius 1 is 1.30 bits per heavy atom.